The van der Waals surface area contributed by atoms with Crippen molar-refractivity contribution in [1.29, 1.82) is 0 Å². The van der Waals surface area contributed by atoms with E-state index in [4.69, 9.17) is 23.2 Å². The molecule has 2 rings (SSSR count). The minimum atomic E-state index is -0.516. The summed E-state index contributed by atoms with van der Waals surface area (Å²) in [5, 5.41) is 6.32. The molecule has 0 saturated carbocycles. The van der Waals surface area contributed by atoms with Gasteiger partial charge in [0.15, 0.2) is 0 Å². The lowest BCUT2D eigenvalue weighted by molar-refractivity contribution is -0.123. The monoisotopic (exact) mass is 364 g/mol. The molecule has 126 valence electrons. The van der Waals surface area contributed by atoms with E-state index < -0.39 is 5.41 Å². The second-order valence-corrected chi connectivity index (χ2v) is 7.18. The average Bonchev–Trinajstić information content (AvgIpc) is 2.50. The van der Waals surface area contributed by atoms with Crippen molar-refractivity contribution in [2.45, 2.75) is 20.8 Å². The Hall–Kier alpha value is -2.04. The van der Waals surface area contributed by atoms with Gasteiger partial charge in [0.1, 0.15) is 0 Å². The van der Waals surface area contributed by atoms with Crippen LogP contribution in [-0.4, -0.2) is 11.8 Å². The summed E-state index contributed by atoms with van der Waals surface area (Å²) in [4.78, 5) is 24.4. The molecule has 0 spiro atoms. The van der Waals surface area contributed by atoms with Gasteiger partial charge in [-0.3, -0.25) is 9.59 Å². The largest absolute Gasteiger partial charge is 0.326 e. The van der Waals surface area contributed by atoms with Crippen LogP contribution >= 0.6 is 23.2 Å². The van der Waals surface area contributed by atoms with E-state index in [9.17, 15) is 9.59 Å². The molecule has 0 aliphatic heterocycles. The van der Waals surface area contributed by atoms with Crippen LogP contribution in [-0.2, 0) is 4.79 Å². The molecule has 0 unspecified atom stereocenters. The maximum atomic E-state index is 12.3. The zero-order chi connectivity index (χ0) is 17.9. The molecule has 0 atom stereocenters. The second-order valence-electron chi connectivity index (χ2n) is 6.37. The van der Waals surface area contributed by atoms with E-state index in [1.54, 1.807) is 42.5 Å². The molecule has 2 N–H and O–H groups in total. The predicted molar refractivity (Wildman–Crippen MR) is 98.9 cm³/mol. The summed E-state index contributed by atoms with van der Waals surface area (Å²) >= 11 is 11.8. The van der Waals surface area contributed by atoms with E-state index in [1.807, 2.05) is 20.8 Å². The summed E-state index contributed by atoms with van der Waals surface area (Å²) in [6, 6.07) is 11.6. The zero-order valence-corrected chi connectivity index (χ0v) is 15.1. The molecule has 0 saturated heterocycles. The highest BCUT2D eigenvalue weighted by atomic mass is 35.5. The van der Waals surface area contributed by atoms with Gasteiger partial charge in [0.25, 0.3) is 5.91 Å². The predicted octanol–water partition coefficient (Wildman–Crippen LogP) is 5.23. The molecule has 4 nitrogen and oxygen atoms in total. The van der Waals surface area contributed by atoms with E-state index in [2.05, 4.69) is 10.6 Å². The Morgan fingerprint density at radius 1 is 0.875 bits per heavy atom. The van der Waals surface area contributed by atoms with E-state index >= 15 is 0 Å². The van der Waals surface area contributed by atoms with Crippen LogP contribution in [0, 0.1) is 5.41 Å². The third-order valence-electron chi connectivity index (χ3n) is 3.24. The minimum Gasteiger partial charge on any atom is -0.326 e. The van der Waals surface area contributed by atoms with E-state index in [1.165, 1.54) is 0 Å². The Bertz CT molecular complexity index is 783. The van der Waals surface area contributed by atoms with Crippen molar-refractivity contribution >= 4 is 46.4 Å². The number of anilines is 2. The van der Waals surface area contributed by atoms with Crippen LogP contribution < -0.4 is 10.6 Å². The summed E-state index contributed by atoms with van der Waals surface area (Å²) in [5.41, 5.74) is 1.02. The lowest BCUT2D eigenvalue weighted by atomic mass is 9.95. The molecule has 2 aromatic carbocycles. The number of carbonyl (C=O) groups excluding carboxylic acids is 2. The Labute approximate surface area is 151 Å². The fourth-order valence-electron chi connectivity index (χ4n) is 1.83. The molecule has 0 aromatic heterocycles. The number of carbonyl (C=O) groups is 2. The normalized spacial score (nSPS) is 11.0. The first-order valence-corrected chi connectivity index (χ1v) is 8.10. The minimum absolute atomic E-state index is 0.121. The molecule has 6 heteroatoms. The Kier molecular flexibility index (Phi) is 5.52. The van der Waals surface area contributed by atoms with Crippen LogP contribution in [0.2, 0.25) is 10.0 Å². The average molecular weight is 365 g/mol. The van der Waals surface area contributed by atoms with Crippen molar-refractivity contribution in [3.05, 3.63) is 58.1 Å². The van der Waals surface area contributed by atoms with Crippen LogP contribution in [0.4, 0.5) is 11.4 Å². The number of rotatable bonds is 3. The van der Waals surface area contributed by atoms with Crippen molar-refractivity contribution in [1.82, 2.24) is 0 Å². The molecule has 0 bridgehead atoms. The number of benzene rings is 2. The van der Waals surface area contributed by atoms with Gasteiger partial charge in [0.05, 0.1) is 10.0 Å². The number of halogens is 2. The molecule has 24 heavy (non-hydrogen) atoms. The third kappa shape index (κ3) is 4.73. The van der Waals surface area contributed by atoms with Crippen LogP contribution in [0.3, 0.4) is 0 Å². The summed E-state index contributed by atoms with van der Waals surface area (Å²) in [6.07, 6.45) is 0. The summed E-state index contributed by atoms with van der Waals surface area (Å²) in [7, 11) is 0. The van der Waals surface area contributed by atoms with E-state index in [0.717, 1.165) is 0 Å². The lowest BCUT2D eigenvalue weighted by Gasteiger charge is -2.18. The fraction of sp³-hybridized carbons (Fsp3) is 0.222. The van der Waals surface area contributed by atoms with Crippen molar-refractivity contribution < 1.29 is 9.59 Å². The maximum Gasteiger partial charge on any atom is 0.255 e. The Balaban J connectivity index is 2.14. The van der Waals surface area contributed by atoms with Crippen molar-refractivity contribution in [2.75, 3.05) is 10.6 Å². The van der Waals surface area contributed by atoms with Crippen molar-refractivity contribution in [3.8, 4) is 0 Å². The highest BCUT2D eigenvalue weighted by Gasteiger charge is 2.21. The van der Waals surface area contributed by atoms with E-state index in [-0.39, 0.29) is 11.8 Å². The summed E-state index contributed by atoms with van der Waals surface area (Å²) in [6.45, 7) is 5.47. The van der Waals surface area contributed by atoms with Gasteiger partial charge in [0.2, 0.25) is 5.91 Å². The Morgan fingerprint density at radius 3 is 2.17 bits per heavy atom. The summed E-state index contributed by atoms with van der Waals surface area (Å²) < 4.78 is 0. The molecule has 0 fully saturated rings. The molecule has 0 aliphatic carbocycles. The first-order valence-electron chi connectivity index (χ1n) is 7.35. The molecule has 0 aliphatic rings. The number of amides is 2. The smallest absolute Gasteiger partial charge is 0.255 e. The maximum absolute atomic E-state index is 12.3. The zero-order valence-electron chi connectivity index (χ0n) is 13.6. The molecular weight excluding hydrogens is 347 g/mol. The Morgan fingerprint density at radius 2 is 1.54 bits per heavy atom. The van der Waals surface area contributed by atoms with Crippen LogP contribution in [0.5, 0.6) is 0 Å². The number of hydrogen-bond donors (Lipinski definition) is 2. The molecule has 2 amide bonds. The SMILES string of the molecule is CC(C)(C)C(=O)Nc1cccc(C(=O)Nc2ccc(Cl)c(Cl)c2)c1. The van der Waals surface area contributed by atoms with Crippen LogP contribution in [0.1, 0.15) is 31.1 Å². The highest BCUT2D eigenvalue weighted by molar-refractivity contribution is 6.42. The number of hydrogen-bond acceptors (Lipinski definition) is 2. The van der Waals surface area contributed by atoms with Crippen molar-refractivity contribution in [3.63, 3.8) is 0 Å². The topological polar surface area (TPSA) is 58.2 Å². The molecule has 2 aromatic rings. The molecule has 0 heterocycles. The molecule has 0 radical (unpaired) electrons. The van der Waals surface area contributed by atoms with Gasteiger partial charge in [-0.25, -0.2) is 0 Å². The quantitative estimate of drug-likeness (QED) is 0.782. The van der Waals surface area contributed by atoms with Gasteiger partial charge in [-0.15, -0.1) is 0 Å². The van der Waals surface area contributed by atoms with Gasteiger partial charge in [0, 0.05) is 22.4 Å². The summed E-state index contributed by atoms with van der Waals surface area (Å²) in [5.74, 6) is -0.426. The van der Waals surface area contributed by atoms with Gasteiger partial charge in [-0.2, -0.15) is 0 Å². The lowest BCUT2D eigenvalue weighted by Crippen LogP contribution is -2.27. The van der Waals surface area contributed by atoms with Gasteiger partial charge < -0.3 is 10.6 Å². The third-order valence-corrected chi connectivity index (χ3v) is 3.98. The fourth-order valence-corrected chi connectivity index (χ4v) is 2.13. The molecular formula is C18H18Cl2N2O2. The van der Waals surface area contributed by atoms with Gasteiger partial charge in [-0.1, -0.05) is 50.0 Å². The van der Waals surface area contributed by atoms with Gasteiger partial charge in [-0.05, 0) is 36.4 Å². The van der Waals surface area contributed by atoms with E-state index in [0.29, 0.717) is 27.0 Å². The van der Waals surface area contributed by atoms with Gasteiger partial charge >= 0.3 is 0 Å². The highest BCUT2D eigenvalue weighted by Crippen LogP contribution is 2.25. The van der Waals surface area contributed by atoms with Crippen LogP contribution in [0.15, 0.2) is 42.5 Å². The standard InChI is InChI=1S/C18H18Cl2N2O2/c1-18(2,3)17(24)22-12-6-4-5-11(9-12)16(23)21-13-7-8-14(19)15(20)10-13/h4-10H,1-3H3,(H,21,23)(H,22,24). The second kappa shape index (κ2) is 7.24. The first kappa shape index (κ1) is 18.3. The number of nitrogens with one attached hydrogen (secondary N) is 2. The van der Waals surface area contributed by atoms with Crippen molar-refractivity contribution in [2.24, 2.45) is 5.41 Å². The van der Waals surface area contributed by atoms with Crippen LogP contribution in [0.25, 0.3) is 0 Å². The first-order chi connectivity index (χ1) is 11.2.